The largest absolute Gasteiger partial charge is 0.405 e. The predicted molar refractivity (Wildman–Crippen MR) is 135 cm³/mol. The number of aldehydes is 2. The SMILES string of the molecule is CCNc1ccc(C=O)cc1NC.COC.Cc1ccc(/C(N)=C(C=O)/C=C\N)c(C)c1. The molecule has 0 aliphatic carbocycles. The fraction of sp³-hybridized carbons (Fsp3) is 0.280. The molecule has 2 aromatic carbocycles. The second-order valence-electron chi connectivity index (χ2n) is 6.78. The molecule has 0 aromatic heterocycles. The van der Waals surface area contributed by atoms with Crippen molar-refractivity contribution < 1.29 is 14.3 Å². The lowest BCUT2D eigenvalue weighted by Gasteiger charge is -2.10. The smallest absolute Gasteiger partial charge is 0.152 e. The molecule has 0 saturated heterocycles. The molecule has 0 amide bonds. The van der Waals surface area contributed by atoms with Gasteiger partial charge in [0.25, 0.3) is 0 Å². The van der Waals surface area contributed by atoms with Gasteiger partial charge >= 0.3 is 0 Å². The Morgan fingerprint density at radius 1 is 1.06 bits per heavy atom. The summed E-state index contributed by atoms with van der Waals surface area (Å²) < 4.78 is 4.25. The van der Waals surface area contributed by atoms with Crippen molar-refractivity contribution in [2.24, 2.45) is 11.5 Å². The number of nitrogens with one attached hydrogen (secondary N) is 2. The van der Waals surface area contributed by atoms with E-state index in [1.807, 2.05) is 58.2 Å². The first-order chi connectivity index (χ1) is 15.3. The van der Waals surface area contributed by atoms with Crippen LogP contribution in [0, 0.1) is 13.8 Å². The summed E-state index contributed by atoms with van der Waals surface area (Å²) >= 11 is 0. The molecule has 7 heteroatoms. The number of carbonyl (C=O) groups is 2. The van der Waals surface area contributed by atoms with Crippen LogP contribution in [0.2, 0.25) is 0 Å². The number of allylic oxidation sites excluding steroid dienone is 2. The van der Waals surface area contributed by atoms with Crippen LogP contribution in [0.25, 0.3) is 5.70 Å². The summed E-state index contributed by atoms with van der Waals surface area (Å²) in [6.07, 6.45) is 4.36. The Kier molecular flexibility index (Phi) is 14.3. The number of nitrogens with two attached hydrogens (primary N) is 2. The number of aryl methyl sites for hydroxylation is 2. The van der Waals surface area contributed by atoms with Gasteiger partial charge in [-0.05, 0) is 56.8 Å². The summed E-state index contributed by atoms with van der Waals surface area (Å²) in [6, 6.07) is 11.4. The highest BCUT2D eigenvalue weighted by molar-refractivity contribution is 5.90. The van der Waals surface area contributed by atoms with Gasteiger partial charge in [0.1, 0.15) is 6.29 Å². The molecule has 0 saturated carbocycles. The van der Waals surface area contributed by atoms with Crippen molar-refractivity contribution in [1.29, 1.82) is 0 Å². The molecule has 2 aromatic rings. The molecule has 0 aliphatic rings. The van der Waals surface area contributed by atoms with E-state index in [0.29, 0.717) is 23.1 Å². The number of benzene rings is 2. The van der Waals surface area contributed by atoms with E-state index in [1.165, 1.54) is 12.3 Å². The van der Waals surface area contributed by atoms with Crippen LogP contribution in [0.15, 0.2) is 54.2 Å². The highest BCUT2D eigenvalue weighted by Crippen LogP contribution is 2.21. The average Bonchev–Trinajstić information content (AvgIpc) is 2.78. The first kappa shape index (κ1) is 28.4. The fourth-order valence-corrected chi connectivity index (χ4v) is 2.75. The molecule has 0 spiro atoms. The fourth-order valence-electron chi connectivity index (χ4n) is 2.75. The highest BCUT2D eigenvalue weighted by Gasteiger charge is 2.05. The van der Waals surface area contributed by atoms with Crippen LogP contribution in [0.4, 0.5) is 11.4 Å². The van der Waals surface area contributed by atoms with Gasteiger partial charge in [-0.2, -0.15) is 0 Å². The first-order valence-electron chi connectivity index (χ1n) is 10.1. The summed E-state index contributed by atoms with van der Waals surface area (Å²) in [5.74, 6) is 0. The molecule has 7 nitrogen and oxygen atoms in total. The third-order valence-corrected chi connectivity index (χ3v) is 4.20. The van der Waals surface area contributed by atoms with E-state index in [4.69, 9.17) is 11.5 Å². The van der Waals surface area contributed by atoms with Gasteiger partial charge in [-0.3, -0.25) is 9.59 Å². The highest BCUT2D eigenvalue weighted by atomic mass is 16.4. The summed E-state index contributed by atoms with van der Waals surface area (Å²) in [5.41, 5.74) is 17.8. The molecular formula is C25H36N4O3. The van der Waals surface area contributed by atoms with Gasteiger partial charge in [0, 0.05) is 50.2 Å². The predicted octanol–water partition coefficient (Wildman–Crippen LogP) is 3.88. The molecule has 2 rings (SSSR count). The number of carbonyl (C=O) groups excluding carboxylic acids is 2. The topological polar surface area (TPSA) is 119 Å². The molecule has 0 radical (unpaired) electrons. The number of rotatable bonds is 7. The molecular weight excluding hydrogens is 404 g/mol. The summed E-state index contributed by atoms with van der Waals surface area (Å²) in [5, 5.41) is 6.23. The number of hydrogen-bond acceptors (Lipinski definition) is 7. The van der Waals surface area contributed by atoms with Crippen LogP contribution in [0.1, 0.15) is 34.0 Å². The standard InChI is InChI=1S/C13H16N2O.C10H14N2O.C2H6O/c1-9-3-4-12(10(2)7-9)13(15)11(8-16)5-6-14;1-3-12-9-5-4-8(7-13)6-10(9)11-2;1-3-2/h3-8H,14-15H2,1-2H3;4-7,11-12H,3H2,1-2H3;1-2H3/b6-5-,13-11+;;. The average molecular weight is 441 g/mol. The second-order valence-corrected chi connectivity index (χ2v) is 6.78. The van der Waals surface area contributed by atoms with E-state index in [0.717, 1.165) is 40.9 Å². The summed E-state index contributed by atoms with van der Waals surface area (Å²) in [6.45, 7) is 6.88. The zero-order chi connectivity index (χ0) is 24.5. The summed E-state index contributed by atoms with van der Waals surface area (Å²) in [4.78, 5) is 21.3. The zero-order valence-electron chi connectivity index (χ0n) is 19.9. The monoisotopic (exact) mass is 440 g/mol. The van der Waals surface area contributed by atoms with Gasteiger partial charge in [-0.25, -0.2) is 0 Å². The van der Waals surface area contributed by atoms with Gasteiger partial charge in [0.2, 0.25) is 0 Å². The second kappa shape index (κ2) is 16.2. The Morgan fingerprint density at radius 2 is 1.72 bits per heavy atom. The van der Waals surface area contributed by atoms with Crippen molar-refractivity contribution in [3.8, 4) is 0 Å². The Bertz CT molecular complexity index is 921. The van der Waals surface area contributed by atoms with Gasteiger partial charge in [0.15, 0.2) is 6.29 Å². The van der Waals surface area contributed by atoms with Crippen molar-refractivity contribution in [3.05, 3.63) is 76.5 Å². The third kappa shape index (κ3) is 9.49. The molecule has 0 fully saturated rings. The Morgan fingerprint density at radius 3 is 2.19 bits per heavy atom. The van der Waals surface area contributed by atoms with E-state index in [1.54, 1.807) is 20.3 Å². The van der Waals surface area contributed by atoms with Crippen LogP contribution in [-0.2, 0) is 9.53 Å². The van der Waals surface area contributed by atoms with Crippen LogP contribution >= 0.6 is 0 Å². The van der Waals surface area contributed by atoms with Crippen molar-refractivity contribution in [1.82, 2.24) is 0 Å². The minimum atomic E-state index is 0.398. The first-order valence-corrected chi connectivity index (χ1v) is 10.1. The molecule has 0 unspecified atom stereocenters. The van der Waals surface area contributed by atoms with Gasteiger partial charge in [0.05, 0.1) is 11.4 Å². The van der Waals surface area contributed by atoms with Crippen LogP contribution in [-0.4, -0.2) is 40.4 Å². The van der Waals surface area contributed by atoms with Crippen molar-refractivity contribution in [2.45, 2.75) is 20.8 Å². The zero-order valence-corrected chi connectivity index (χ0v) is 19.9. The van der Waals surface area contributed by atoms with Gasteiger partial charge < -0.3 is 26.8 Å². The maximum Gasteiger partial charge on any atom is 0.152 e. The maximum atomic E-state index is 10.8. The normalized spacial score (nSPS) is 10.7. The minimum Gasteiger partial charge on any atom is -0.405 e. The van der Waals surface area contributed by atoms with Crippen LogP contribution < -0.4 is 22.1 Å². The van der Waals surface area contributed by atoms with E-state index in [9.17, 15) is 9.59 Å². The molecule has 32 heavy (non-hydrogen) atoms. The molecule has 0 bridgehead atoms. The maximum absolute atomic E-state index is 10.8. The molecule has 0 atom stereocenters. The minimum absolute atomic E-state index is 0.398. The molecule has 6 N–H and O–H groups in total. The lowest BCUT2D eigenvalue weighted by molar-refractivity contribution is -0.104. The van der Waals surface area contributed by atoms with Crippen LogP contribution in [0.5, 0.6) is 0 Å². The third-order valence-electron chi connectivity index (χ3n) is 4.20. The number of hydrogen-bond donors (Lipinski definition) is 4. The molecule has 0 heterocycles. The number of anilines is 2. The van der Waals surface area contributed by atoms with E-state index < -0.39 is 0 Å². The van der Waals surface area contributed by atoms with E-state index in [-0.39, 0.29) is 0 Å². The van der Waals surface area contributed by atoms with E-state index in [2.05, 4.69) is 15.4 Å². The van der Waals surface area contributed by atoms with Gasteiger partial charge in [-0.15, -0.1) is 0 Å². The van der Waals surface area contributed by atoms with Crippen LogP contribution in [0.3, 0.4) is 0 Å². The van der Waals surface area contributed by atoms with Crippen molar-refractivity contribution in [3.63, 3.8) is 0 Å². The Balaban J connectivity index is 0.000000543. The van der Waals surface area contributed by atoms with Crippen molar-refractivity contribution in [2.75, 3.05) is 38.4 Å². The number of ether oxygens (including phenoxy) is 1. The molecule has 174 valence electrons. The van der Waals surface area contributed by atoms with Crippen molar-refractivity contribution >= 4 is 29.6 Å². The van der Waals surface area contributed by atoms with Gasteiger partial charge in [-0.1, -0.05) is 23.8 Å². The Labute approximate surface area is 191 Å². The lowest BCUT2D eigenvalue weighted by atomic mass is 10.0. The number of methoxy groups -OCH3 is 1. The summed E-state index contributed by atoms with van der Waals surface area (Å²) in [7, 11) is 5.09. The Hall–Kier alpha value is -3.58. The lowest BCUT2D eigenvalue weighted by Crippen LogP contribution is -2.04. The quantitative estimate of drug-likeness (QED) is 0.293. The van der Waals surface area contributed by atoms with E-state index >= 15 is 0 Å². The molecule has 0 aliphatic heterocycles.